The summed E-state index contributed by atoms with van der Waals surface area (Å²) in [5, 5.41) is 17.9. The number of fused-ring (bicyclic) bond motifs is 1. The maximum absolute atomic E-state index is 14.0. The van der Waals surface area contributed by atoms with Crippen LogP contribution in [0.2, 0.25) is 5.02 Å². The van der Waals surface area contributed by atoms with Crippen molar-refractivity contribution in [1.29, 1.82) is 0 Å². The van der Waals surface area contributed by atoms with Crippen LogP contribution in [0.4, 0.5) is 8.78 Å². The second-order valence-electron chi connectivity index (χ2n) is 8.89. The molecule has 0 aliphatic carbocycles. The van der Waals surface area contributed by atoms with Gasteiger partial charge in [0.2, 0.25) is 0 Å². The molecule has 4 rings (SSSR count). The number of aromatic nitrogens is 3. The monoisotopic (exact) mass is 500 g/mol. The molecule has 0 bridgehead atoms. The van der Waals surface area contributed by atoms with E-state index in [1.54, 1.807) is 13.8 Å². The number of carbonyl (C=O) groups is 1. The number of hydrogen-bond acceptors (Lipinski definition) is 4. The minimum absolute atomic E-state index is 0.0633. The summed E-state index contributed by atoms with van der Waals surface area (Å²) in [6.45, 7) is 6.31. The van der Waals surface area contributed by atoms with Gasteiger partial charge in [-0.05, 0) is 69.2 Å². The summed E-state index contributed by atoms with van der Waals surface area (Å²) in [6.07, 6.45) is 0. The summed E-state index contributed by atoms with van der Waals surface area (Å²) in [4.78, 5) is 28.9. The molecular formula is C25H23ClF2N4O3. The van der Waals surface area contributed by atoms with E-state index in [9.17, 15) is 23.5 Å². The number of rotatable bonds is 5. The van der Waals surface area contributed by atoms with Crippen molar-refractivity contribution in [3.63, 3.8) is 0 Å². The van der Waals surface area contributed by atoms with Crippen LogP contribution in [0.5, 0.6) is 0 Å². The highest BCUT2D eigenvalue weighted by atomic mass is 35.5. The summed E-state index contributed by atoms with van der Waals surface area (Å²) >= 11 is 5.75. The van der Waals surface area contributed by atoms with Crippen molar-refractivity contribution in [2.75, 3.05) is 0 Å². The molecule has 1 amide bonds. The van der Waals surface area contributed by atoms with Gasteiger partial charge in [-0.3, -0.25) is 9.59 Å². The van der Waals surface area contributed by atoms with Gasteiger partial charge in [-0.2, -0.15) is 0 Å². The number of nitrogens with one attached hydrogen (secondary N) is 2. The second-order valence-corrected chi connectivity index (χ2v) is 9.30. The van der Waals surface area contributed by atoms with Crippen LogP contribution in [0, 0.1) is 25.5 Å². The minimum atomic E-state index is -1.38. The van der Waals surface area contributed by atoms with Crippen molar-refractivity contribution in [2.24, 2.45) is 0 Å². The van der Waals surface area contributed by atoms with E-state index in [0.29, 0.717) is 22.4 Å². The lowest BCUT2D eigenvalue weighted by Gasteiger charge is -2.30. The van der Waals surface area contributed by atoms with Crippen molar-refractivity contribution in [3.05, 3.63) is 91.9 Å². The third-order valence-electron chi connectivity index (χ3n) is 5.87. The van der Waals surface area contributed by atoms with Gasteiger partial charge in [-0.25, -0.2) is 13.3 Å². The quantitative estimate of drug-likeness (QED) is 0.376. The zero-order chi connectivity index (χ0) is 25.7. The first kappa shape index (κ1) is 24.6. The zero-order valence-corrected chi connectivity index (χ0v) is 20.2. The molecule has 35 heavy (non-hydrogen) atoms. The van der Waals surface area contributed by atoms with E-state index < -0.39 is 34.7 Å². The smallest absolute Gasteiger partial charge is 0.275 e. The summed E-state index contributed by atoms with van der Waals surface area (Å²) in [6, 6.07) is 8.62. The number of benzene rings is 2. The molecule has 0 aliphatic rings. The third kappa shape index (κ3) is 4.56. The molecular weight excluding hydrogens is 478 g/mol. The van der Waals surface area contributed by atoms with Gasteiger partial charge in [0, 0.05) is 5.56 Å². The topological polar surface area (TPSA) is 99.5 Å². The molecule has 0 saturated heterocycles. The number of aliphatic hydroxyl groups is 1. The van der Waals surface area contributed by atoms with E-state index in [1.807, 2.05) is 0 Å². The molecule has 0 aliphatic heterocycles. The Bertz CT molecular complexity index is 1500. The average molecular weight is 501 g/mol. The Morgan fingerprint density at radius 3 is 2.43 bits per heavy atom. The SMILES string of the molecule is Cc1c(C(=O)N[C@@H](c2ccc(F)cc2)C(C)(C)O)c(C)n2nc(-c3ccc(Cl)c(F)c3)[nH]c(=O)c12. The Balaban J connectivity index is 1.79. The van der Waals surface area contributed by atoms with E-state index in [-0.39, 0.29) is 21.9 Å². The van der Waals surface area contributed by atoms with Crippen LogP contribution in [0.25, 0.3) is 16.9 Å². The molecule has 2 aromatic carbocycles. The first-order chi connectivity index (χ1) is 16.4. The third-order valence-corrected chi connectivity index (χ3v) is 6.18. The Morgan fingerprint density at radius 1 is 1.17 bits per heavy atom. The first-order valence-electron chi connectivity index (χ1n) is 10.7. The Hall–Kier alpha value is -3.56. The fourth-order valence-corrected chi connectivity index (χ4v) is 4.26. The predicted octanol–water partition coefficient (Wildman–Crippen LogP) is 4.48. The normalized spacial score (nSPS) is 12.7. The maximum atomic E-state index is 14.0. The van der Waals surface area contributed by atoms with Crippen LogP contribution in [-0.4, -0.2) is 31.2 Å². The lowest BCUT2D eigenvalue weighted by Crippen LogP contribution is -2.42. The molecule has 7 nitrogen and oxygen atoms in total. The average Bonchev–Trinajstić information content (AvgIpc) is 3.04. The number of H-pyrrole nitrogens is 1. The van der Waals surface area contributed by atoms with E-state index in [1.165, 1.54) is 54.8 Å². The molecule has 0 fully saturated rings. The molecule has 2 heterocycles. The van der Waals surface area contributed by atoms with E-state index in [2.05, 4.69) is 15.4 Å². The molecule has 0 radical (unpaired) electrons. The number of amides is 1. The largest absolute Gasteiger partial charge is 0.388 e. The number of hydrogen-bond donors (Lipinski definition) is 3. The molecule has 10 heteroatoms. The van der Waals surface area contributed by atoms with E-state index in [4.69, 9.17) is 11.6 Å². The van der Waals surface area contributed by atoms with Gasteiger partial charge < -0.3 is 15.4 Å². The summed E-state index contributed by atoms with van der Waals surface area (Å²) < 4.78 is 28.7. The number of nitrogens with zero attached hydrogens (tertiary/aromatic N) is 2. The van der Waals surface area contributed by atoms with Crippen LogP contribution >= 0.6 is 11.6 Å². The van der Waals surface area contributed by atoms with Crippen LogP contribution in [-0.2, 0) is 0 Å². The number of carbonyl (C=O) groups excluding carboxylic acids is 1. The Morgan fingerprint density at radius 2 is 1.83 bits per heavy atom. The fraction of sp³-hybridized carbons (Fsp3) is 0.240. The minimum Gasteiger partial charge on any atom is -0.388 e. The fourth-order valence-electron chi connectivity index (χ4n) is 4.14. The molecule has 0 saturated carbocycles. The van der Waals surface area contributed by atoms with Gasteiger partial charge in [0.1, 0.15) is 17.2 Å². The van der Waals surface area contributed by atoms with Gasteiger partial charge in [-0.1, -0.05) is 23.7 Å². The molecule has 0 unspecified atom stereocenters. The van der Waals surface area contributed by atoms with Crippen molar-refractivity contribution in [2.45, 2.75) is 39.3 Å². The van der Waals surface area contributed by atoms with Crippen molar-refractivity contribution >= 4 is 23.0 Å². The van der Waals surface area contributed by atoms with Crippen molar-refractivity contribution < 1.29 is 18.7 Å². The second kappa shape index (κ2) is 8.90. The molecule has 182 valence electrons. The van der Waals surface area contributed by atoms with Gasteiger partial charge in [-0.15, -0.1) is 5.10 Å². The van der Waals surface area contributed by atoms with Gasteiger partial charge in [0.15, 0.2) is 5.82 Å². The highest BCUT2D eigenvalue weighted by Gasteiger charge is 2.32. The maximum Gasteiger partial charge on any atom is 0.275 e. The molecule has 1 atom stereocenters. The van der Waals surface area contributed by atoms with Crippen LogP contribution in [0.1, 0.15) is 47.1 Å². The zero-order valence-electron chi connectivity index (χ0n) is 19.4. The van der Waals surface area contributed by atoms with Gasteiger partial charge in [0.05, 0.1) is 27.9 Å². The van der Waals surface area contributed by atoms with Gasteiger partial charge in [0.25, 0.3) is 11.5 Å². The highest BCUT2D eigenvalue weighted by molar-refractivity contribution is 6.30. The first-order valence-corrected chi connectivity index (χ1v) is 11.1. The van der Waals surface area contributed by atoms with Crippen LogP contribution in [0.15, 0.2) is 47.3 Å². The summed E-state index contributed by atoms with van der Waals surface area (Å²) in [5.74, 6) is -1.54. The lowest BCUT2D eigenvalue weighted by molar-refractivity contribution is 0.0343. The highest BCUT2D eigenvalue weighted by Crippen LogP contribution is 2.28. The van der Waals surface area contributed by atoms with Crippen LogP contribution in [0.3, 0.4) is 0 Å². The Kier molecular flexibility index (Phi) is 6.25. The van der Waals surface area contributed by atoms with Gasteiger partial charge >= 0.3 is 0 Å². The Labute approximate surface area is 204 Å². The van der Waals surface area contributed by atoms with Crippen LogP contribution < -0.4 is 10.9 Å². The summed E-state index contributed by atoms with van der Waals surface area (Å²) in [5.41, 5.74) is 0.0569. The molecule has 2 aromatic heterocycles. The number of aromatic amines is 1. The molecule has 3 N–H and O–H groups in total. The summed E-state index contributed by atoms with van der Waals surface area (Å²) in [7, 11) is 0. The molecule has 4 aromatic rings. The molecule has 0 spiro atoms. The van der Waals surface area contributed by atoms with E-state index >= 15 is 0 Å². The number of halogens is 3. The van der Waals surface area contributed by atoms with Crippen molar-refractivity contribution in [1.82, 2.24) is 19.9 Å². The lowest BCUT2D eigenvalue weighted by atomic mass is 9.91. The standard InChI is InChI=1S/C25H23ClF2N4O3/c1-12-19(23(33)29-21(25(3,4)35)14-5-8-16(27)9-6-14)13(2)32-20(12)24(34)30-22(31-32)15-7-10-17(26)18(28)11-15/h5-11,21,35H,1-4H3,(H,29,33)(H,30,31,34)/t21-/m0/s1. The number of aryl methyl sites for hydroxylation is 2. The predicted molar refractivity (Wildman–Crippen MR) is 129 cm³/mol. The van der Waals surface area contributed by atoms with Crippen molar-refractivity contribution in [3.8, 4) is 11.4 Å². The van der Waals surface area contributed by atoms with E-state index in [0.717, 1.165) is 6.07 Å².